The van der Waals surface area contributed by atoms with Crippen LogP contribution in [0.1, 0.15) is 31.4 Å². The van der Waals surface area contributed by atoms with Gasteiger partial charge in [-0.05, 0) is 74.2 Å². The topological polar surface area (TPSA) is 26.2 Å². The maximum atomic E-state index is 13.9. The van der Waals surface area contributed by atoms with E-state index < -0.39 is 11.6 Å². The van der Waals surface area contributed by atoms with E-state index >= 15 is 0 Å². The Hall–Kier alpha value is -2.05. The molecule has 0 spiro atoms. The number of nitrogens with one attached hydrogen (secondary N) is 1. The molecule has 0 aliphatic carbocycles. The van der Waals surface area contributed by atoms with Gasteiger partial charge in [-0.2, -0.15) is 0 Å². The van der Waals surface area contributed by atoms with Gasteiger partial charge in [0.25, 0.3) is 0 Å². The van der Waals surface area contributed by atoms with E-state index in [0.717, 1.165) is 54.4 Å². The molecular formula is C23H28F2N2OS. The highest BCUT2D eigenvalue weighted by molar-refractivity contribution is 7.95. The Labute approximate surface area is 175 Å². The Morgan fingerprint density at radius 3 is 2.62 bits per heavy atom. The second-order valence-electron chi connectivity index (χ2n) is 7.57. The first-order valence-corrected chi connectivity index (χ1v) is 10.7. The third-order valence-corrected chi connectivity index (χ3v) is 5.93. The summed E-state index contributed by atoms with van der Waals surface area (Å²) in [6.45, 7) is 8.41. The van der Waals surface area contributed by atoms with E-state index in [2.05, 4.69) is 29.9 Å². The quantitative estimate of drug-likeness (QED) is 0.339. The molecule has 1 unspecified atom stereocenters. The summed E-state index contributed by atoms with van der Waals surface area (Å²) >= 11 is 0.719. The smallest absolute Gasteiger partial charge is 0.143 e. The fraction of sp³-hybridized carbons (Fsp3) is 0.391. The monoisotopic (exact) mass is 418 g/mol. The fourth-order valence-electron chi connectivity index (χ4n) is 3.69. The van der Waals surface area contributed by atoms with Crippen LogP contribution in [-0.2, 0) is 13.5 Å². The van der Waals surface area contributed by atoms with Crippen LogP contribution in [0.3, 0.4) is 0 Å². The number of hydrogen-bond donors (Lipinski definition) is 1. The highest BCUT2D eigenvalue weighted by atomic mass is 32.2. The third kappa shape index (κ3) is 5.11. The van der Waals surface area contributed by atoms with Crippen LogP contribution in [0.5, 0.6) is 5.75 Å². The second-order valence-corrected chi connectivity index (χ2v) is 8.31. The number of aromatic nitrogens is 1. The molecule has 0 amide bonds. The molecule has 0 aliphatic rings. The summed E-state index contributed by atoms with van der Waals surface area (Å²) in [5.41, 5.74) is 3.50. The van der Waals surface area contributed by atoms with Crippen molar-refractivity contribution in [2.45, 2.75) is 38.5 Å². The van der Waals surface area contributed by atoms with Crippen molar-refractivity contribution in [3.8, 4) is 5.75 Å². The first kappa shape index (κ1) is 21.7. The third-order valence-electron chi connectivity index (χ3n) is 5.09. The summed E-state index contributed by atoms with van der Waals surface area (Å²) in [4.78, 5) is -0.129. The lowest BCUT2D eigenvalue weighted by Crippen LogP contribution is -2.17. The number of nitrogens with zero attached hydrogens (tertiary/aromatic N) is 1. The Morgan fingerprint density at radius 2 is 1.93 bits per heavy atom. The van der Waals surface area contributed by atoms with E-state index in [4.69, 9.17) is 4.18 Å². The Morgan fingerprint density at radius 1 is 1.21 bits per heavy atom. The van der Waals surface area contributed by atoms with Crippen molar-refractivity contribution < 1.29 is 13.0 Å². The van der Waals surface area contributed by atoms with Gasteiger partial charge in [0.2, 0.25) is 0 Å². The number of halogens is 2. The number of rotatable bonds is 9. The van der Waals surface area contributed by atoms with Gasteiger partial charge in [0.1, 0.15) is 22.3 Å². The van der Waals surface area contributed by atoms with Crippen LogP contribution in [0.25, 0.3) is 10.9 Å². The normalized spacial score (nSPS) is 12.5. The number of fused-ring (bicyclic) bond motifs is 1. The minimum atomic E-state index is -0.622. The van der Waals surface area contributed by atoms with Crippen LogP contribution in [0.4, 0.5) is 8.78 Å². The molecule has 3 rings (SSSR count). The van der Waals surface area contributed by atoms with Crippen LogP contribution >= 0.6 is 12.0 Å². The van der Waals surface area contributed by atoms with E-state index in [0.29, 0.717) is 11.7 Å². The molecule has 0 radical (unpaired) electrons. The van der Waals surface area contributed by atoms with Crippen LogP contribution < -0.4 is 9.50 Å². The molecule has 1 atom stereocenters. The summed E-state index contributed by atoms with van der Waals surface area (Å²) in [5, 5.41) is 4.51. The van der Waals surface area contributed by atoms with E-state index in [1.165, 1.54) is 23.8 Å². The molecule has 156 valence electrons. The highest BCUT2D eigenvalue weighted by Gasteiger charge is 2.15. The molecule has 6 heteroatoms. The zero-order chi connectivity index (χ0) is 21.0. The van der Waals surface area contributed by atoms with Crippen LogP contribution in [0.2, 0.25) is 0 Å². The van der Waals surface area contributed by atoms with Gasteiger partial charge in [-0.25, -0.2) is 8.78 Å². The first-order valence-electron chi connectivity index (χ1n) is 9.98. The molecule has 3 nitrogen and oxygen atoms in total. The van der Waals surface area contributed by atoms with Crippen molar-refractivity contribution in [3.63, 3.8) is 0 Å². The largest absolute Gasteiger partial charge is 0.420 e. The average Bonchev–Trinajstić information content (AvgIpc) is 2.97. The van der Waals surface area contributed by atoms with Crippen LogP contribution in [-0.4, -0.2) is 17.7 Å². The summed E-state index contributed by atoms with van der Waals surface area (Å²) in [7, 11) is 2.05. The molecule has 1 aromatic heterocycles. The van der Waals surface area contributed by atoms with Crippen LogP contribution in [0.15, 0.2) is 41.4 Å². The predicted molar refractivity (Wildman–Crippen MR) is 117 cm³/mol. The number of hydrogen-bond acceptors (Lipinski definition) is 3. The molecule has 29 heavy (non-hydrogen) atoms. The SMILES string of the molecule is CCNCCC(C)Cc1cn(C)c2c(C)cc(OSc3c(F)cccc3F)cc12. The van der Waals surface area contributed by atoms with E-state index in [-0.39, 0.29) is 4.90 Å². The Bertz CT molecular complexity index is 966. The van der Waals surface area contributed by atoms with E-state index in [9.17, 15) is 8.78 Å². The molecular weight excluding hydrogens is 390 g/mol. The summed E-state index contributed by atoms with van der Waals surface area (Å²) in [5.74, 6) is -0.104. The van der Waals surface area contributed by atoms with Crippen molar-refractivity contribution in [1.82, 2.24) is 9.88 Å². The van der Waals surface area contributed by atoms with Gasteiger partial charge < -0.3 is 14.1 Å². The van der Waals surface area contributed by atoms with Crippen molar-refractivity contribution in [2.75, 3.05) is 13.1 Å². The molecule has 2 aromatic carbocycles. The second kappa shape index (κ2) is 9.63. The molecule has 3 aromatic rings. The lowest BCUT2D eigenvalue weighted by Gasteiger charge is -2.12. The van der Waals surface area contributed by atoms with Gasteiger partial charge in [0.05, 0.1) is 17.6 Å². The maximum absolute atomic E-state index is 13.9. The number of aryl methyl sites for hydroxylation is 2. The van der Waals surface area contributed by atoms with Crippen molar-refractivity contribution in [1.29, 1.82) is 0 Å². The Balaban J connectivity index is 1.83. The molecule has 0 fully saturated rings. The standard InChI is InChI=1S/C23H28F2N2OS/c1-5-26-10-9-15(2)11-17-14-27(4)22-16(3)12-18(13-19(17)22)28-29-23-20(24)7-6-8-21(23)25/h6-8,12-15,26H,5,9-11H2,1-4H3. The van der Waals surface area contributed by atoms with Gasteiger partial charge >= 0.3 is 0 Å². The van der Waals surface area contributed by atoms with E-state index in [1.54, 1.807) is 0 Å². The summed E-state index contributed by atoms with van der Waals surface area (Å²) < 4.78 is 35.6. The summed E-state index contributed by atoms with van der Waals surface area (Å²) in [6, 6.07) is 7.69. The van der Waals surface area contributed by atoms with Crippen molar-refractivity contribution in [3.05, 3.63) is 59.3 Å². The number of benzene rings is 2. The Kier molecular flexibility index (Phi) is 7.19. The lowest BCUT2D eigenvalue weighted by atomic mass is 9.97. The molecule has 1 N–H and O–H groups in total. The molecule has 0 aliphatic heterocycles. The van der Waals surface area contributed by atoms with Crippen molar-refractivity contribution >= 4 is 22.9 Å². The van der Waals surface area contributed by atoms with Gasteiger partial charge in [-0.15, -0.1) is 0 Å². The fourth-order valence-corrected chi connectivity index (χ4v) is 4.26. The lowest BCUT2D eigenvalue weighted by molar-refractivity contribution is 0.505. The van der Waals surface area contributed by atoms with Gasteiger partial charge in [-0.1, -0.05) is 19.9 Å². The predicted octanol–water partition coefficient (Wildman–Crippen LogP) is 6.03. The minimum absolute atomic E-state index is 0.129. The maximum Gasteiger partial charge on any atom is 0.143 e. The average molecular weight is 419 g/mol. The van der Waals surface area contributed by atoms with Gasteiger partial charge in [0, 0.05) is 18.6 Å². The zero-order valence-electron chi connectivity index (χ0n) is 17.4. The van der Waals surface area contributed by atoms with E-state index in [1.807, 2.05) is 26.1 Å². The van der Waals surface area contributed by atoms with Gasteiger partial charge in [-0.3, -0.25) is 0 Å². The van der Waals surface area contributed by atoms with Crippen LogP contribution in [0, 0.1) is 24.5 Å². The molecule has 0 bridgehead atoms. The minimum Gasteiger partial charge on any atom is -0.420 e. The van der Waals surface area contributed by atoms with Crippen molar-refractivity contribution in [2.24, 2.45) is 13.0 Å². The molecule has 1 heterocycles. The molecule has 0 saturated carbocycles. The molecule has 0 saturated heterocycles. The first-order chi connectivity index (χ1) is 13.9. The summed E-state index contributed by atoms with van der Waals surface area (Å²) in [6.07, 6.45) is 4.26. The van der Waals surface area contributed by atoms with Gasteiger partial charge in [0.15, 0.2) is 0 Å². The zero-order valence-corrected chi connectivity index (χ0v) is 18.2. The highest BCUT2D eigenvalue weighted by Crippen LogP contribution is 2.34.